The summed E-state index contributed by atoms with van der Waals surface area (Å²) in [6, 6.07) is 14.7. The van der Waals surface area contributed by atoms with Crippen LogP contribution in [-0.2, 0) is 46.6 Å². The summed E-state index contributed by atoms with van der Waals surface area (Å²) >= 11 is 0. The monoisotopic (exact) mass is 582 g/mol. The third-order valence-electron chi connectivity index (χ3n) is 5.76. The van der Waals surface area contributed by atoms with E-state index < -0.39 is 23.9 Å². The molecule has 0 heterocycles. The number of amides is 3. The van der Waals surface area contributed by atoms with Crippen LogP contribution in [0.15, 0.2) is 60.7 Å². The van der Waals surface area contributed by atoms with Crippen molar-refractivity contribution in [1.29, 1.82) is 0 Å². The standard InChI is InChI=1S/C30H38N4O8/c1-6-40-29(38)17-16-28(37)34(42-23(3)36)19-7-18-33(22(2)35)20-24-8-10-25(11-9-24)21-41-30(39)31-26-12-14-27(15-13-26)32(4)5/h8-17H,6-7,18-21H2,1-5H3,(H,31,39). The smallest absolute Gasteiger partial charge is 0.411 e. The molecular weight excluding hydrogens is 544 g/mol. The van der Waals surface area contributed by atoms with E-state index in [2.05, 4.69) is 5.32 Å². The lowest BCUT2D eigenvalue weighted by Crippen LogP contribution is -2.36. The Morgan fingerprint density at radius 1 is 0.833 bits per heavy atom. The number of carbonyl (C=O) groups is 5. The minimum atomic E-state index is -0.707. The number of hydrogen-bond acceptors (Lipinski definition) is 9. The van der Waals surface area contributed by atoms with Crippen LogP contribution in [0.4, 0.5) is 16.2 Å². The van der Waals surface area contributed by atoms with Gasteiger partial charge in [0.2, 0.25) is 5.91 Å². The lowest BCUT2D eigenvalue weighted by Gasteiger charge is -2.24. The average Bonchev–Trinajstić information content (AvgIpc) is 2.94. The number of hydroxylamine groups is 2. The molecule has 0 spiro atoms. The molecule has 1 N–H and O–H groups in total. The molecule has 0 aliphatic carbocycles. The van der Waals surface area contributed by atoms with Gasteiger partial charge in [-0.15, -0.1) is 0 Å². The molecule has 0 saturated heterocycles. The van der Waals surface area contributed by atoms with Gasteiger partial charge >= 0.3 is 18.0 Å². The molecule has 3 amide bonds. The number of carbonyl (C=O) groups excluding carboxylic acids is 5. The molecule has 12 heteroatoms. The Kier molecular flexibility index (Phi) is 13.5. The lowest BCUT2D eigenvalue weighted by molar-refractivity contribution is -0.193. The van der Waals surface area contributed by atoms with E-state index in [0.29, 0.717) is 18.7 Å². The zero-order chi connectivity index (χ0) is 31.1. The molecule has 2 aromatic rings. The normalized spacial score (nSPS) is 10.5. The number of rotatable bonds is 13. The van der Waals surface area contributed by atoms with Crippen molar-refractivity contribution in [1.82, 2.24) is 9.96 Å². The third-order valence-corrected chi connectivity index (χ3v) is 5.76. The Bertz CT molecular complexity index is 1240. The van der Waals surface area contributed by atoms with Gasteiger partial charge in [0.1, 0.15) is 6.61 Å². The molecule has 0 saturated carbocycles. The van der Waals surface area contributed by atoms with Gasteiger partial charge in [-0.25, -0.2) is 9.59 Å². The minimum Gasteiger partial charge on any atom is -0.463 e. The Hall–Kier alpha value is -4.87. The molecule has 0 atom stereocenters. The van der Waals surface area contributed by atoms with Crippen molar-refractivity contribution in [3.05, 3.63) is 71.8 Å². The molecule has 2 rings (SSSR count). The Balaban J connectivity index is 1.87. The van der Waals surface area contributed by atoms with Crippen molar-refractivity contribution in [3.8, 4) is 0 Å². The first-order valence-corrected chi connectivity index (χ1v) is 13.4. The highest BCUT2D eigenvalue weighted by Gasteiger charge is 2.17. The highest BCUT2D eigenvalue weighted by Crippen LogP contribution is 2.16. The predicted molar refractivity (Wildman–Crippen MR) is 156 cm³/mol. The fraction of sp³-hybridized carbons (Fsp3) is 0.367. The van der Waals surface area contributed by atoms with Gasteiger partial charge in [0, 0.05) is 64.6 Å². The summed E-state index contributed by atoms with van der Waals surface area (Å²) in [5.41, 5.74) is 3.26. The van der Waals surface area contributed by atoms with E-state index in [1.165, 1.54) is 6.92 Å². The van der Waals surface area contributed by atoms with Crippen LogP contribution in [0, 0.1) is 0 Å². The van der Waals surface area contributed by atoms with Crippen LogP contribution in [0.5, 0.6) is 0 Å². The largest absolute Gasteiger partial charge is 0.463 e. The van der Waals surface area contributed by atoms with Gasteiger partial charge in [-0.3, -0.25) is 19.7 Å². The Morgan fingerprint density at radius 2 is 1.48 bits per heavy atom. The maximum absolute atomic E-state index is 12.4. The minimum absolute atomic E-state index is 0.00744. The number of ether oxygens (including phenoxy) is 2. The van der Waals surface area contributed by atoms with Crippen molar-refractivity contribution >= 4 is 41.2 Å². The van der Waals surface area contributed by atoms with E-state index in [4.69, 9.17) is 14.3 Å². The van der Waals surface area contributed by atoms with Crippen molar-refractivity contribution in [2.45, 2.75) is 40.3 Å². The van der Waals surface area contributed by atoms with Crippen molar-refractivity contribution < 1.29 is 38.3 Å². The van der Waals surface area contributed by atoms with Crippen LogP contribution >= 0.6 is 0 Å². The molecular formula is C30H38N4O8. The first-order chi connectivity index (χ1) is 20.0. The van der Waals surface area contributed by atoms with Gasteiger partial charge in [0.15, 0.2) is 0 Å². The van der Waals surface area contributed by atoms with E-state index in [9.17, 15) is 24.0 Å². The zero-order valence-corrected chi connectivity index (χ0v) is 24.6. The summed E-state index contributed by atoms with van der Waals surface area (Å²) in [7, 11) is 3.86. The fourth-order valence-electron chi connectivity index (χ4n) is 3.63. The van der Waals surface area contributed by atoms with Crippen molar-refractivity contribution in [3.63, 3.8) is 0 Å². The van der Waals surface area contributed by atoms with Gasteiger partial charge in [-0.1, -0.05) is 24.3 Å². The molecule has 0 fully saturated rings. The quantitative estimate of drug-likeness (QED) is 0.213. The first kappa shape index (κ1) is 33.3. The van der Waals surface area contributed by atoms with Gasteiger partial charge in [0.25, 0.3) is 5.91 Å². The van der Waals surface area contributed by atoms with E-state index in [1.807, 2.05) is 55.4 Å². The van der Waals surface area contributed by atoms with E-state index in [0.717, 1.165) is 41.0 Å². The molecule has 42 heavy (non-hydrogen) atoms. The van der Waals surface area contributed by atoms with Gasteiger partial charge in [-0.05, 0) is 48.7 Å². The molecule has 0 aliphatic rings. The highest BCUT2D eigenvalue weighted by molar-refractivity contribution is 5.94. The van der Waals surface area contributed by atoms with Crippen molar-refractivity contribution in [2.75, 3.05) is 44.0 Å². The SMILES string of the molecule is CCOC(=O)C=CC(=O)N(CCCN(Cc1ccc(COC(=O)Nc2ccc(N(C)C)cc2)cc1)C(C)=O)OC(C)=O. The van der Waals surface area contributed by atoms with E-state index in [1.54, 1.807) is 24.0 Å². The maximum Gasteiger partial charge on any atom is 0.411 e. The highest BCUT2D eigenvalue weighted by atomic mass is 16.7. The summed E-state index contributed by atoms with van der Waals surface area (Å²) in [6.07, 6.45) is 1.65. The number of anilines is 2. The summed E-state index contributed by atoms with van der Waals surface area (Å²) < 4.78 is 10.0. The zero-order valence-electron chi connectivity index (χ0n) is 24.6. The summed E-state index contributed by atoms with van der Waals surface area (Å²) in [6.45, 7) is 5.06. The second kappa shape index (κ2) is 17.1. The average molecular weight is 583 g/mol. The molecule has 12 nitrogen and oxygen atoms in total. The van der Waals surface area contributed by atoms with Gasteiger partial charge in [-0.2, -0.15) is 5.06 Å². The number of nitrogens with zero attached hydrogens (tertiary/aromatic N) is 3. The predicted octanol–water partition coefficient (Wildman–Crippen LogP) is 3.67. The molecule has 226 valence electrons. The van der Waals surface area contributed by atoms with E-state index in [-0.39, 0.29) is 32.2 Å². The summed E-state index contributed by atoms with van der Waals surface area (Å²) in [5.74, 6) is -2.27. The van der Waals surface area contributed by atoms with Crippen LogP contribution < -0.4 is 10.2 Å². The third kappa shape index (κ3) is 12.1. The fourth-order valence-corrected chi connectivity index (χ4v) is 3.63. The molecule has 0 radical (unpaired) electrons. The number of nitrogens with one attached hydrogen (secondary N) is 1. The number of esters is 1. The van der Waals surface area contributed by atoms with Crippen LogP contribution in [0.2, 0.25) is 0 Å². The Morgan fingerprint density at radius 3 is 2.05 bits per heavy atom. The van der Waals surface area contributed by atoms with Gasteiger partial charge < -0.3 is 24.1 Å². The topological polar surface area (TPSA) is 135 Å². The van der Waals surface area contributed by atoms with Gasteiger partial charge in [0.05, 0.1) is 13.2 Å². The molecule has 0 bridgehead atoms. The molecule has 0 aromatic heterocycles. The second-order valence-electron chi connectivity index (χ2n) is 9.36. The summed E-state index contributed by atoms with van der Waals surface area (Å²) in [4.78, 5) is 68.2. The first-order valence-electron chi connectivity index (χ1n) is 13.4. The maximum atomic E-state index is 12.4. The molecule has 0 aliphatic heterocycles. The van der Waals surface area contributed by atoms with Crippen LogP contribution in [0.25, 0.3) is 0 Å². The van der Waals surface area contributed by atoms with Crippen molar-refractivity contribution in [2.24, 2.45) is 0 Å². The van der Waals surface area contributed by atoms with E-state index >= 15 is 0 Å². The summed E-state index contributed by atoms with van der Waals surface area (Å²) in [5, 5.41) is 3.52. The van der Waals surface area contributed by atoms with Crippen LogP contribution in [-0.4, -0.2) is 73.6 Å². The lowest BCUT2D eigenvalue weighted by atomic mass is 10.1. The van der Waals surface area contributed by atoms with Crippen LogP contribution in [0.1, 0.15) is 38.3 Å². The number of benzene rings is 2. The number of hydrogen-bond donors (Lipinski definition) is 1. The second-order valence-corrected chi connectivity index (χ2v) is 9.36. The molecule has 0 unspecified atom stereocenters. The Labute approximate surface area is 245 Å². The molecule has 2 aromatic carbocycles. The van der Waals surface area contributed by atoms with Crippen LogP contribution in [0.3, 0.4) is 0 Å².